The average Bonchev–Trinajstić information content (AvgIpc) is 2.71. The van der Waals surface area contributed by atoms with Gasteiger partial charge in [0.05, 0.1) is 26.0 Å². The van der Waals surface area contributed by atoms with E-state index >= 15 is 0 Å². The predicted molar refractivity (Wildman–Crippen MR) is 55.0 cm³/mol. The number of aromatic nitrogens is 4. The lowest BCUT2D eigenvalue weighted by Gasteiger charge is -2.03. The third kappa shape index (κ3) is 4.58. The lowest BCUT2D eigenvalue weighted by Crippen LogP contribution is -2.13. The minimum absolute atomic E-state index is 0.0419. The molecule has 0 radical (unpaired) electrons. The van der Waals surface area contributed by atoms with Crippen LogP contribution in [-0.2, 0) is 27.3 Å². The van der Waals surface area contributed by atoms with Crippen LogP contribution in [0.4, 0.5) is 0 Å². The van der Waals surface area contributed by atoms with Crippen LogP contribution >= 0.6 is 0 Å². The number of carbonyl (C=O) groups is 2. The van der Waals surface area contributed by atoms with Crippen LogP contribution in [0.25, 0.3) is 0 Å². The van der Waals surface area contributed by atoms with Crippen molar-refractivity contribution in [2.24, 2.45) is 0 Å². The quantitative estimate of drug-likeness (QED) is 0.650. The Kier molecular flexibility index (Phi) is 5.05. The number of rotatable bonds is 7. The number of aliphatic carboxylic acids is 1. The molecule has 1 heterocycles. The highest BCUT2D eigenvalue weighted by molar-refractivity contribution is 5.69. The predicted octanol–water partition coefficient (Wildman–Crippen LogP) is -0.357. The van der Waals surface area contributed by atoms with E-state index in [1.807, 2.05) is 0 Å². The molecule has 1 aromatic heterocycles. The molecule has 0 fully saturated rings. The zero-order chi connectivity index (χ0) is 12.7. The normalized spacial score (nSPS) is 10.2. The molecule has 0 amide bonds. The number of hydrogen-bond acceptors (Lipinski definition) is 6. The van der Waals surface area contributed by atoms with Gasteiger partial charge in [0.25, 0.3) is 0 Å². The second-order valence-corrected chi connectivity index (χ2v) is 3.27. The monoisotopic (exact) mass is 242 g/mol. The van der Waals surface area contributed by atoms with Gasteiger partial charge in [-0.25, -0.2) is 4.68 Å². The van der Waals surface area contributed by atoms with E-state index in [0.717, 1.165) is 0 Å². The van der Waals surface area contributed by atoms with Crippen LogP contribution in [0.2, 0.25) is 0 Å². The number of tetrazole rings is 1. The molecule has 0 aliphatic rings. The number of esters is 1. The summed E-state index contributed by atoms with van der Waals surface area (Å²) in [4.78, 5) is 21.5. The molecule has 1 N–H and O–H groups in total. The number of carboxylic acid groups (broad SMARTS) is 1. The maximum absolute atomic E-state index is 11.1. The Balaban J connectivity index is 2.45. The number of hydrogen-bond donors (Lipinski definition) is 1. The molecule has 0 saturated heterocycles. The van der Waals surface area contributed by atoms with Crippen LogP contribution in [0.5, 0.6) is 0 Å². The summed E-state index contributed by atoms with van der Waals surface area (Å²) in [6, 6.07) is 0. The summed E-state index contributed by atoms with van der Waals surface area (Å²) in [6.07, 6.45) is 0.365. The van der Waals surface area contributed by atoms with Crippen LogP contribution in [0.3, 0.4) is 0 Å². The van der Waals surface area contributed by atoms with E-state index < -0.39 is 5.97 Å². The molecule has 0 aliphatic carbocycles. The third-order valence-corrected chi connectivity index (χ3v) is 2.00. The molecule has 0 atom stereocenters. The molecule has 17 heavy (non-hydrogen) atoms. The summed E-state index contributed by atoms with van der Waals surface area (Å²) in [5, 5.41) is 19.4. The van der Waals surface area contributed by atoms with Crippen molar-refractivity contribution >= 4 is 11.9 Å². The summed E-state index contributed by atoms with van der Waals surface area (Å²) in [7, 11) is 0. The third-order valence-electron chi connectivity index (χ3n) is 2.00. The van der Waals surface area contributed by atoms with E-state index in [1.165, 1.54) is 4.68 Å². The Morgan fingerprint density at radius 1 is 1.41 bits per heavy atom. The first kappa shape index (κ1) is 13.1. The summed E-state index contributed by atoms with van der Waals surface area (Å²) >= 11 is 0. The van der Waals surface area contributed by atoms with Gasteiger partial charge in [0, 0.05) is 6.42 Å². The van der Waals surface area contributed by atoms with E-state index in [4.69, 9.17) is 9.84 Å². The molecule has 8 heteroatoms. The molecule has 1 aromatic rings. The van der Waals surface area contributed by atoms with Gasteiger partial charge in [0.15, 0.2) is 5.82 Å². The van der Waals surface area contributed by atoms with Crippen LogP contribution < -0.4 is 0 Å². The first-order valence-corrected chi connectivity index (χ1v) is 5.26. The molecule has 0 unspecified atom stereocenters. The van der Waals surface area contributed by atoms with E-state index in [9.17, 15) is 9.59 Å². The SMILES string of the molecule is CCOC(=O)CCn1nnnc1CCC(=O)O. The summed E-state index contributed by atoms with van der Waals surface area (Å²) in [6.45, 7) is 2.36. The van der Waals surface area contributed by atoms with Crippen molar-refractivity contribution in [1.29, 1.82) is 0 Å². The topological polar surface area (TPSA) is 107 Å². The number of ether oxygens (including phenoxy) is 1. The number of carboxylic acids is 1. The molecular formula is C9H14N4O4. The largest absolute Gasteiger partial charge is 0.481 e. The standard InChI is InChI=1S/C9H14N4O4/c1-2-17-9(16)5-6-13-7(10-11-12-13)3-4-8(14)15/h2-6H2,1H3,(H,14,15). The van der Waals surface area contributed by atoms with E-state index in [1.54, 1.807) is 6.92 Å². The van der Waals surface area contributed by atoms with Gasteiger partial charge in [0.2, 0.25) is 0 Å². The average molecular weight is 242 g/mol. The van der Waals surface area contributed by atoms with E-state index in [-0.39, 0.29) is 25.2 Å². The van der Waals surface area contributed by atoms with Crippen LogP contribution in [0.15, 0.2) is 0 Å². The zero-order valence-corrected chi connectivity index (χ0v) is 9.50. The molecular weight excluding hydrogens is 228 g/mol. The maximum atomic E-state index is 11.1. The molecule has 0 spiro atoms. The van der Waals surface area contributed by atoms with Gasteiger partial charge >= 0.3 is 11.9 Å². The second-order valence-electron chi connectivity index (χ2n) is 3.27. The second kappa shape index (κ2) is 6.56. The minimum Gasteiger partial charge on any atom is -0.481 e. The highest BCUT2D eigenvalue weighted by Crippen LogP contribution is 2.00. The number of carbonyl (C=O) groups excluding carboxylic acids is 1. The Bertz CT molecular complexity index is 390. The van der Waals surface area contributed by atoms with E-state index in [2.05, 4.69) is 15.5 Å². The Hall–Kier alpha value is -1.99. The molecule has 8 nitrogen and oxygen atoms in total. The summed E-state index contributed by atoms with van der Waals surface area (Å²) in [5.41, 5.74) is 0. The smallest absolute Gasteiger partial charge is 0.307 e. The zero-order valence-electron chi connectivity index (χ0n) is 9.50. The van der Waals surface area contributed by atoms with Gasteiger partial charge in [-0.05, 0) is 17.4 Å². The fourth-order valence-corrected chi connectivity index (χ4v) is 1.23. The number of aryl methyl sites for hydroxylation is 2. The van der Waals surface area contributed by atoms with Crippen molar-refractivity contribution in [1.82, 2.24) is 20.2 Å². The van der Waals surface area contributed by atoms with Gasteiger partial charge in [-0.2, -0.15) is 0 Å². The van der Waals surface area contributed by atoms with Gasteiger partial charge in [-0.1, -0.05) is 0 Å². The van der Waals surface area contributed by atoms with Crippen molar-refractivity contribution in [2.45, 2.75) is 32.7 Å². The van der Waals surface area contributed by atoms with Gasteiger partial charge in [0.1, 0.15) is 0 Å². The first-order chi connectivity index (χ1) is 8.13. The van der Waals surface area contributed by atoms with Crippen molar-refractivity contribution in [2.75, 3.05) is 6.61 Å². The molecule has 0 aromatic carbocycles. The van der Waals surface area contributed by atoms with Crippen LogP contribution in [0.1, 0.15) is 25.6 Å². The Morgan fingerprint density at radius 3 is 2.82 bits per heavy atom. The number of nitrogens with zero attached hydrogens (tertiary/aromatic N) is 4. The van der Waals surface area contributed by atoms with Gasteiger partial charge < -0.3 is 9.84 Å². The summed E-state index contributed by atoms with van der Waals surface area (Å²) < 4.78 is 6.18. The van der Waals surface area contributed by atoms with E-state index in [0.29, 0.717) is 19.0 Å². The Labute approximate surface area is 97.6 Å². The first-order valence-electron chi connectivity index (χ1n) is 5.26. The highest BCUT2D eigenvalue weighted by atomic mass is 16.5. The van der Waals surface area contributed by atoms with Crippen molar-refractivity contribution < 1.29 is 19.4 Å². The molecule has 0 saturated carbocycles. The van der Waals surface area contributed by atoms with Crippen molar-refractivity contribution in [3.8, 4) is 0 Å². The Morgan fingerprint density at radius 2 is 2.18 bits per heavy atom. The fourth-order valence-electron chi connectivity index (χ4n) is 1.23. The van der Waals surface area contributed by atoms with Gasteiger partial charge in [-0.3, -0.25) is 9.59 Å². The molecule has 1 rings (SSSR count). The van der Waals surface area contributed by atoms with Crippen LogP contribution in [0, 0.1) is 0 Å². The molecule has 94 valence electrons. The van der Waals surface area contributed by atoms with Crippen LogP contribution in [-0.4, -0.2) is 43.9 Å². The lowest BCUT2D eigenvalue weighted by atomic mass is 10.3. The highest BCUT2D eigenvalue weighted by Gasteiger charge is 2.10. The fraction of sp³-hybridized carbons (Fsp3) is 0.667. The summed E-state index contributed by atoms with van der Waals surface area (Å²) in [5.74, 6) is -0.783. The van der Waals surface area contributed by atoms with Gasteiger partial charge in [-0.15, -0.1) is 5.10 Å². The van der Waals surface area contributed by atoms with Crippen molar-refractivity contribution in [3.63, 3.8) is 0 Å². The lowest BCUT2D eigenvalue weighted by molar-refractivity contribution is -0.143. The minimum atomic E-state index is -0.912. The maximum Gasteiger partial charge on any atom is 0.307 e. The molecule has 0 aliphatic heterocycles. The molecule has 0 bridgehead atoms. The van der Waals surface area contributed by atoms with Crippen molar-refractivity contribution in [3.05, 3.63) is 5.82 Å².